The number of sulfone groups is 1. The van der Waals surface area contributed by atoms with Gasteiger partial charge in [0.25, 0.3) is 0 Å². The second kappa shape index (κ2) is 4.83. The van der Waals surface area contributed by atoms with Crippen molar-refractivity contribution in [1.82, 2.24) is 0 Å². The quantitative estimate of drug-likeness (QED) is 0.910. The lowest BCUT2D eigenvalue weighted by Gasteiger charge is -2.34. The van der Waals surface area contributed by atoms with Crippen molar-refractivity contribution in [2.75, 3.05) is 6.26 Å². The first-order chi connectivity index (χ1) is 8.74. The molecule has 106 valence electrons. The molecule has 0 aliphatic heterocycles. The molecule has 0 spiro atoms. The van der Waals surface area contributed by atoms with Gasteiger partial charge in [0.2, 0.25) is 0 Å². The first-order valence-electron chi connectivity index (χ1n) is 6.22. The van der Waals surface area contributed by atoms with Crippen LogP contribution in [0.4, 0.5) is 8.78 Å². The third-order valence-electron chi connectivity index (χ3n) is 3.70. The molecule has 3 nitrogen and oxygen atoms in total. The van der Waals surface area contributed by atoms with Crippen LogP contribution in [0, 0.1) is 11.6 Å². The van der Waals surface area contributed by atoms with Crippen molar-refractivity contribution in [3.05, 3.63) is 29.3 Å². The van der Waals surface area contributed by atoms with E-state index >= 15 is 0 Å². The largest absolute Gasteiger partial charge is 0.321 e. The Labute approximate surface area is 111 Å². The highest BCUT2D eigenvalue weighted by atomic mass is 32.2. The van der Waals surface area contributed by atoms with Crippen LogP contribution in [0.25, 0.3) is 0 Å². The van der Waals surface area contributed by atoms with E-state index in [2.05, 4.69) is 0 Å². The van der Waals surface area contributed by atoms with Gasteiger partial charge < -0.3 is 5.73 Å². The van der Waals surface area contributed by atoms with Gasteiger partial charge in [-0.25, -0.2) is 17.2 Å². The van der Waals surface area contributed by atoms with Gasteiger partial charge in [-0.3, -0.25) is 0 Å². The number of hydrogen-bond donors (Lipinski definition) is 1. The minimum atomic E-state index is -3.78. The second-order valence-corrected chi connectivity index (χ2v) is 7.24. The first kappa shape index (κ1) is 14.4. The normalized spacial score (nSPS) is 19.4. The van der Waals surface area contributed by atoms with Crippen LogP contribution in [0.15, 0.2) is 17.0 Å². The Balaban J connectivity index is 2.52. The standard InChI is InChI=1S/C13H17F2NO2S/c1-19(17,18)12-8-10(14)9(7-11(12)15)13(16)5-3-2-4-6-13/h7-8H,2-6,16H2,1H3. The lowest BCUT2D eigenvalue weighted by molar-refractivity contribution is 0.291. The van der Waals surface area contributed by atoms with Gasteiger partial charge in [0, 0.05) is 17.4 Å². The smallest absolute Gasteiger partial charge is 0.178 e. The third-order valence-corrected chi connectivity index (χ3v) is 4.82. The third kappa shape index (κ3) is 2.79. The molecule has 0 heterocycles. The van der Waals surface area contributed by atoms with Crippen LogP contribution < -0.4 is 5.73 Å². The van der Waals surface area contributed by atoms with E-state index < -0.39 is 31.9 Å². The predicted molar refractivity (Wildman–Crippen MR) is 68.4 cm³/mol. The lowest BCUT2D eigenvalue weighted by Crippen LogP contribution is -2.39. The van der Waals surface area contributed by atoms with Crippen molar-refractivity contribution in [1.29, 1.82) is 0 Å². The zero-order chi connectivity index (χ0) is 14.3. The number of nitrogens with two attached hydrogens (primary N) is 1. The molecular formula is C13H17F2NO2S. The molecule has 1 saturated carbocycles. The van der Waals surface area contributed by atoms with Gasteiger partial charge in [-0.2, -0.15) is 0 Å². The molecule has 6 heteroatoms. The molecule has 1 aliphatic carbocycles. The van der Waals surface area contributed by atoms with Crippen LogP contribution in [0.1, 0.15) is 37.7 Å². The molecule has 1 aromatic carbocycles. The summed E-state index contributed by atoms with van der Waals surface area (Å²) in [4.78, 5) is -0.617. The average molecular weight is 289 g/mol. The molecule has 1 aliphatic rings. The summed E-state index contributed by atoms with van der Waals surface area (Å²) in [6.07, 6.45) is 4.79. The van der Waals surface area contributed by atoms with E-state index in [1.54, 1.807) is 0 Å². The maximum atomic E-state index is 14.1. The Bertz CT molecular complexity index is 593. The van der Waals surface area contributed by atoms with Crippen LogP contribution in [0.5, 0.6) is 0 Å². The molecule has 0 unspecified atom stereocenters. The monoisotopic (exact) mass is 289 g/mol. The Morgan fingerprint density at radius 3 is 2.21 bits per heavy atom. The van der Waals surface area contributed by atoms with Crippen LogP contribution in [0.3, 0.4) is 0 Å². The first-order valence-corrected chi connectivity index (χ1v) is 8.12. The predicted octanol–water partition coefficient (Wildman–Crippen LogP) is 2.49. The molecule has 1 fully saturated rings. The number of rotatable bonds is 2. The lowest BCUT2D eigenvalue weighted by atomic mass is 9.77. The van der Waals surface area contributed by atoms with Gasteiger partial charge in [-0.1, -0.05) is 19.3 Å². The zero-order valence-corrected chi connectivity index (χ0v) is 11.6. The molecule has 0 saturated heterocycles. The summed E-state index contributed by atoms with van der Waals surface area (Å²) < 4.78 is 50.6. The highest BCUT2D eigenvalue weighted by Gasteiger charge is 2.33. The molecule has 0 amide bonds. The molecule has 1 aromatic rings. The van der Waals surface area contributed by atoms with Gasteiger partial charge in [0.1, 0.15) is 16.5 Å². The van der Waals surface area contributed by atoms with Gasteiger partial charge in [0.15, 0.2) is 9.84 Å². The Hall–Kier alpha value is -1.01. The van der Waals surface area contributed by atoms with E-state index in [1.807, 2.05) is 0 Å². The molecule has 0 aromatic heterocycles. The second-order valence-electron chi connectivity index (χ2n) is 5.25. The fourth-order valence-corrected chi connectivity index (χ4v) is 3.38. The molecular weight excluding hydrogens is 272 g/mol. The van der Waals surface area contributed by atoms with Crippen molar-refractivity contribution in [2.24, 2.45) is 5.73 Å². The Kier molecular flexibility index (Phi) is 3.66. The Morgan fingerprint density at radius 2 is 1.68 bits per heavy atom. The number of hydrogen-bond acceptors (Lipinski definition) is 3. The van der Waals surface area contributed by atoms with Gasteiger partial charge in [-0.15, -0.1) is 0 Å². The highest BCUT2D eigenvalue weighted by molar-refractivity contribution is 7.90. The maximum Gasteiger partial charge on any atom is 0.178 e. The van der Waals surface area contributed by atoms with Crippen molar-refractivity contribution in [3.8, 4) is 0 Å². The minimum Gasteiger partial charge on any atom is -0.321 e. The van der Waals surface area contributed by atoms with E-state index in [0.29, 0.717) is 12.8 Å². The van der Waals surface area contributed by atoms with E-state index in [1.165, 1.54) is 0 Å². The zero-order valence-electron chi connectivity index (χ0n) is 10.7. The fraction of sp³-hybridized carbons (Fsp3) is 0.538. The van der Waals surface area contributed by atoms with Crippen molar-refractivity contribution >= 4 is 9.84 Å². The SMILES string of the molecule is CS(=O)(=O)c1cc(F)c(C2(N)CCCCC2)cc1F. The summed E-state index contributed by atoms with van der Waals surface area (Å²) in [5, 5.41) is 0. The number of benzene rings is 1. The van der Waals surface area contributed by atoms with Crippen LogP contribution in [0.2, 0.25) is 0 Å². The summed E-state index contributed by atoms with van der Waals surface area (Å²) in [6.45, 7) is 0. The summed E-state index contributed by atoms with van der Waals surface area (Å²) in [5.74, 6) is -1.68. The average Bonchev–Trinajstić information content (AvgIpc) is 2.31. The van der Waals surface area contributed by atoms with Crippen LogP contribution >= 0.6 is 0 Å². The minimum absolute atomic E-state index is 0.0806. The van der Waals surface area contributed by atoms with E-state index in [4.69, 9.17) is 5.73 Å². The van der Waals surface area contributed by atoms with Crippen molar-refractivity contribution in [2.45, 2.75) is 42.5 Å². The van der Waals surface area contributed by atoms with Crippen molar-refractivity contribution < 1.29 is 17.2 Å². The van der Waals surface area contributed by atoms with Gasteiger partial charge in [0.05, 0.1) is 0 Å². The van der Waals surface area contributed by atoms with Crippen LogP contribution in [-0.4, -0.2) is 14.7 Å². The summed E-state index contributed by atoms with van der Waals surface area (Å²) >= 11 is 0. The summed E-state index contributed by atoms with van der Waals surface area (Å²) in [5.41, 5.74) is 5.34. The molecule has 0 radical (unpaired) electrons. The van der Waals surface area contributed by atoms with Gasteiger partial charge in [-0.05, 0) is 25.0 Å². The van der Waals surface area contributed by atoms with E-state index in [0.717, 1.165) is 37.7 Å². The molecule has 0 bridgehead atoms. The van der Waals surface area contributed by atoms with E-state index in [9.17, 15) is 17.2 Å². The Morgan fingerprint density at radius 1 is 1.11 bits per heavy atom. The maximum absolute atomic E-state index is 14.1. The summed E-state index contributed by atoms with van der Waals surface area (Å²) in [7, 11) is -3.78. The summed E-state index contributed by atoms with van der Waals surface area (Å²) in [6, 6.07) is 1.68. The van der Waals surface area contributed by atoms with E-state index in [-0.39, 0.29) is 5.56 Å². The molecule has 2 N–H and O–H groups in total. The highest BCUT2D eigenvalue weighted by Crippen LogP contribution is 2.37. The fourth-order valence-electron chi connectivity index (χ4n) is 2.65. The molecule has 19 heavy (non-hydrogen) atoms. The van der Waals surface area contributed by atoms with Crippen LogP contribution in [-0.2, 0) is 15.4 Å². The van der Waals surface area contributed by atoms with Gasteiger partial charge >= 0.3 is 0 Å². The molecule has 2 rings (SSSR count). The number of halogens is 2. The van der Waals surface area contributed by atoms with Crippen molar-refractivity contribution in [3.63, 3.8) is 0 Å². The molecule has 0 atom stereocenters. The topological polar surface area (TPSA) is 60.2 Å².